The van der Waals surface area contributed by atoms with Gasteiger partial charge in [0, 0.05) is 6.42 Å². The molecule has 0 aromatic heterocycles. The minimum atomic E-state index is -3.81. The normalized spacial score (nSPS) is 13.3. The Morgan fingerprint density at radius 1 is 1.42 bits per heavy atom. The van der Waals surface area contributed by atoms with E-state index >= 15 is 0 Å². The van der Waals surface area contributed by atoms with Crippen LogP contribution < -0.4 is 5.73 Å². The van der Waals surface area contributed by atoms with Crippen LogP contribution in [-0.4, -0.2) is 50.5 Å². The van der Waals surface area contributed by atoms with Crippen molar-refractivity contribution in [3.63, 3.8) is 0 Å². The summed E-state index contributed by atoms with van der Waals surface area (Å²) in [5.41, 5.74) is 5.42. The van der Waals surface area contributed by atoms with Crippen molar-refractivity contribution in [1.29, 1.82) is 0 Å². The van der Waals surface area contributed by atoms with Gasteiger partial charge in [0.05, 0.1) is 26.4 Å². The minimum absolute atomic E-state index is 0.186. The van der Waals surface area contributed by atoms with E-state index in [-0.39, 0.29) is 5.75 Å². The summed E-state index contributed by atoms with van der Waals surface area (Å²) in [6, 6.07) is 0. The Labute approximate surface area is 73.5 Å². The van der Waals surface area contributed by atoms with E-state index in [9.17, 15) is 8.42 Å². The monoisotopic (exact) mass is 197 g/mol. The van der Waals surface area contributed by atoms with Gasteiger partial charge in [-0.25, -0.2) is 0 Å². The lowest BCUT2D eigenvalue weighted by Crippen LogP contribution is -2.45. The molecule has 0 radical (unpaired) electrons. The SMILES string of the molecule is C[N+](C)(CN)CCCS(=O)(=O)O. The Morgan fingerprint density at radius 2 is 1.92 bits per heavy atom. The zero-order valence-electron chi connectivity index (χ0n) is 7.52. The molecule has 0 aliphatic heterocycles. The summed E-state index contributed by atoms with van der Waals surface area (Å²) in [7, 11) is 0.00789. The molecule has 74 valence electrons. The van der Waals surface area contributed by atoms with Crippen LogP contribution in [0.25, 0.3) is 0 Å². The first kappa shape index (κ1) is 11.8. The average Bonchev–Trinajstić information content (AvgIpc) is 1.84. The van der Waals surface area contributed by atoms with E-state index in [0.717, 1.165) is 0 Å². The molecule has 0 aliphatic carbocycles. The van der Waals surface area contributed by atoms with Gasteiger partial charge in [0.25, 0.3) is 10.1 Å². The summed E-state index contributed by atoms with van der Waals surface area (Å²) in [4.78, 5) is 0. The fourth-order valence-electron chi connectivity index (χ4n) is 0.766. The Kier molecular flexibility index (Phi) is 4.12. The lowest BCUT2D eigenvalue weighted by molar-refractivity contribution is -0.889. The summed E-state index contributed by atoms with van der Waals surface area (Å²) in [5, 5.41) is 0. The van der Waals surface area contributed by atoms with Gasteiger partial charge in [0.2, 0.25) is 0 Å². The summed E-state index contributed by atoms with van der Waals surface area (Å²) < 4.78 is 29.6. The number of nitrogens with two attached hydrogens (primary N) is 1. The van der Waals surface area contributed by atoms with Gasteiger partial charge in [-0.15, -0.1) is 0 Å². The van der Waals surface area contributed by atoms with Gasteiger partial charge in [0.15, 0.2) is 0 Å². The van der Waals surface area contributed by atoms with Crippen molar-refractivity contribution in [2.75, 3.05) is 33.1 Å². The maximum absolute atomic E-state index is 10.3. The highest BCUT2D eigenvalue weighted by Gasteiger charge is 2.13. The van der Waals surface area contributed by atoms with Crippen LogP contribution in [0.15, 0.2) is 0 Å². The van der Waals surface area contributed by atoms with Crippen molar-refractivity contribution in [1.82, 2.24) is 0 Å². The van der Waals surface area contributed by atoms with E-state index < -0.39 is 10.1 Å². The van der Waals surface area contributed by atoms with Gasteiger partial charge < -0.3 is 4.48 Å². The molecule has 0 rings (SSSR count). The fourth-order valence-corrected chi connectivity index (χ4v) is 1.26. The second kappa shape index (κ2) is 4.18. The second-order valence-corrected chi connectivity index (χ2v) is 5.05. The van der Waals surface area contributed by atoms with E-state index in [2.05, 4.69) is 0 Å². The summed E-state index contributed by atoms with van der Waals surface area (Å²) in [6.45, 7) is 1.11. The van der Waals surface area contributed by atoms with E-state index in [4.69, 9.17) is 10.3 Å². The van der Waals surface area contributed by atoms with Crippen molar-refractivity contribution in [2.24, 2.45) is 5.73 Å². The third kappa shape index (κ3) is 6.53. The highest BCUT2D eigenvalue weighted by atomic mass is 32.2. The Hall–Kier alpha value is -0.170. The quantitative estimate of drug-likeness (QED) is 0.345. The number of rotatable bonds is 5. The number of quaternary nitrogens is 1. The van der Waals surface area contributed by atoms with E-state index in [1.165, 1.54) is 0 Å². The van der Waals surface area contributed by atoms with Crippen molar-refractivity contribution in [3.05, 3.63) is 0 Å². The zero-order chi connectivity index (χ0) is 9.83. The molecule has 0 heterocycles. The largest absolute Gasteiger partial charge is 0.316 e. The van der Waals surface area contributed by atoms with Gasteiger partial charge in [-0.2, -0.15) is 8.42 Å². The predicted molar refractivity (Wildman–Crippen MR) is 47.1 cm³/mol. The van der Waals surface area contributed by atoms with Crippen LogP contribution in [0.3, 0.4) is 0 Å². The molecule has 0 unspecified atom stereocenters. The smallest absolute Gasteiger partial charge is 0.265 e. The fraction of sp³-hybridized carbons (Fsp3) is 1.00. The van der Waals surface area contributed by atoms with Crippen molar-refractivity contribution < 1.29 is 17.5 Å². The predicted octanol–water partition coefficient (Wildman–Crippen LogP) is -0.743. The van der Waals surface area contributed by atoms with Gasteiger partial charge in [0.1, 0.15) is 6.67 Å². The maximum atomic E-state index is 10.3. The zero-order valence-corrected chi connectivity index (χ0v) is 8.34. The van der Waals surface area contributed by atoms with Crippen LogP contribution >= 0.6 is 0 Å². The molecule has 0 saturated carbocycles. The molecule has 0 bridgehead atoms. The molecule has 12 heavy (non-hydrogen) atoms. The molecule has 0 aromatic carbocycles. The standard InChI is InChI=1S/C6H16N2O3S/c1-8(2,6-7)4-3-5-12(9,10)11/h3-7H2,1-2H3/p+1. The highest BCUT2D eigenvalue weighted by Crippen LogP contribution is 1.97. The molecular weight excluding hydrogens is 180 g/mol. The Bertz CT molecular complexity index is 223. The first-order chi connectivity index (χ1) is 5.27. The molecule has 3 N–H and O–H groups in total. The molecule has 0 aromatic rings. The second-order valence-electron chi connectivity index (χ2n) is 3.48. The molecular formula is C6H17N2O3S+. The van der Waals surface area contributed by atoms with Crippen LogP contribution in [0.1, 0.15) is 6.42 Å². The van der Waals surface area contributed by atoms with E-state index in [0.29, 0.717) is 24.1 Å². The van der Waals surface area contributed by atoms with E-state index in [1.807, 2.05) is 14.1 Å². The first-order valence-corrected chi connectivity index (χ1v) is 5.35. The molecule has 6 heteroatoms. The van der Waals surface area contributed by atoms with Gasteiger partial charge in [-0.1, -0.05) is 0 Å². The topological polar surface area (TPSA) is 80.4 Å². The molecule has 0 fully saturated rings. The Morgan fingerprint density at radius 3 is 2.25 bits per heavy atom. The van der Waals surface area contributed by atoms with Crippen LogP contribution in [0.4, 0.5) is 0 Å². The lowest BCUT2D eigenvalue weighted by atomic mass is 10.4. The number of nitrogens with zero attached hydrogens (tertiary/aromatic N) is 1. The third-order valence-electron chi connectivity index (χ3n) is 1.66. The summed E-state index contributed by atoms with van der Waals surface area (Å²) in [6.07, 6.45) is 0.434. The number of hydrogen-bond donors (Lipinski definition) is 2. The molecule has 0 aliphatic rings. The van der Waals surface area contributed by atoms with Crippen molar-refractivity contribution >= 4 is 10.1 Å². The van der Waals surface area contributed by atoms with Crippen LogP contribution in [-0.2, 0) is 10.1 Å². The Balaban J connectivity index is 3.72. The van der Waals surface area contributed by atoms with Crippen molar-refractivity contribution in [3.8, 4) is 0 Å². The highest BCUT2D eigenvalue weighted by molar-refractivity contribution is 7.85. The maximum Gasteiger partial charge on any atom is 0.265 e. The molecule has 0 amide bonds. The van der Waals surface area contributed by atoms with Gasteiger partial charge >= 0.3 is 0 Å². The third-order valence-corrected chi connectivity index (χ3v) is 2.46. The van der Waals surface area contributed by atoms with Crippen LogP contribution in [0, 0.1) is 0 Å². The van der Waals surface area contributed by atoms with Crippen LogP contribution in [0.2, 0.25) is 0 Å². The number of hydrogen-bond acceptors (Lipinski definition) is 3. The summed E-state index contributed by atoms with van der Waals surface area (Å²) in [5.74, 6) is -0.186. The van der Waals surface area contributed by atoms with Gasteiger partial charge in [-0.05, 0) is 0 Å². The molecule has 0 atom stereocenters. The molecule has 0 spiro atoms. The lowest BCUT2D eigenvalue weighted by Gasteiger charge is -2.27. The minimum Gasteiger partial charge on any atom is -0.316 e. The molecule has 5 nitrogen and oxygen atoms in total. The summed E-state index contributed by atoms with van der Waals surface area (Å²) >= 11 is 0. The average molecular weight is 197 g/mol. The first-order valence-electron chi connectivity index (χ1n) is 3.74. The van der Waals surface area contributed by atoms with Crippen molar-refractivity contribution in [2.45, 2.75) is 6.42 Å². The van der Waals surface area contributed by atoms with E-state index in [1.54, 1.807) is 0 Å². The van der Waals surface area contributed by atoms with Gasteiger partial charge in [-0.3, -0.25) is 10.3 Å². The van der Waals surface area contributed by atoms with Crippen LogP contribution in [0.5, 0.6) is 0 Å². The molecule has 0 saturated heterocycles.